The fourth-order valence-electron chi connectivity index (χ4n) is 1.42. The summed E-state index contributed by atoms with van der Waals surface area (Å²) in [7, 11) is 0. The molecule has 1 aromatic carbocycles. The van der Waals surface area contributed by atoms with Crippen LogP contribution in [0.25, 0.3) is 0 Å². The first-order valence-corrected chi connectivity index (χ1v) is 4.97. The zero-order valence-corrected chi connectivity index (χ0v) is 8.73. The van der Waals surface area contributed by atoms with Crippen LogP contribution in [0.5, 0.6) is 0 Å². The molecule has 1 aromatic rings. The van der Waals surface area contributed by atoms with E-state index in [-0.39, 0.29) is 19.0 Å². The Balaban J connectivity index is 2.78. The summed E-state index contributed by atoms with van der Waals surface area (Å²) in [6, 6.07) is 6.40. The Bertz CT molecular complexity index is 306. The number of rotatable bonds is 5. The zero-order chi connectivity index (χ0) is 11.3. The van der Waals surface area contributed by atoms with Crippen LogP contribution in [0.15, 0.2) is 24.3 Å². The topological polar surface area (TPSA) is 43.7 Å². The lowest BCUT2D eigenvalue weighted by molar-refractivity contribution is 0.0999. The van der Waals surface area contributed by atoms with Gasteiger partial charge in [0.25, 0.3) is 0 Å². The van der Waals surface area contributed by atoms with Crippen molar-refractivity contribution in [3.05, 3.63) is 30.1 Å². The number of para-hydroxylation sites is 1. The largest absolute Gasteiger partial charge is 0.394 e. The highest BCUT2D eigenvalue weighted by atomic mass is 19.1. The molecule has 0 heterocycles. The van der Waals surface area contributed by atoms with Crippen LogP contribution in [0.4, 0.5) is 10.1 Å². The van der Waals surface area contributed by atoms with Gasteiger partial charge >= 0.3 is 0 Å². The van der Waals surface area contributed by atoms with Crippen LogP contribution in [0.2, 0.25) is 0 Å². The molecule has 1 rings (SSSR count). The van der Waals surface area contributed by atoms with E-state index in [1.807, 2.05) is 6.92 Å². The molecule has 1 atom stereocenters. The second-order valence-electron chi connectivity index (χ2n) is 3.33. The van der Waals surface area contributed by atoms with Gasteiger partial charge in [-0.2, -0.15) is 0 Å². The maximum Gasteiger partial charge on any atom is 0.146 e. The monoisotopic (exact) mass is 213 g/mol. The van der Waals surface area contributed by atoms with Crippen LogP contribution in [0.3, 0.4) is 0 Å². The van der Waals surface area contributed by atoms with Gasteiger partial charge in [-0.1, -0.05) is 12.1 Å². The molecule has 0 aliphatic rings. The van der Waals surface area contributed by atoms with E-state index in [1.165, 1.54) is 6.07 Å². The highest BCUT2D eigenvalue weighted by Gasteiger charge is 2.12. The van der Waals surface area contributed by atoms with Crippen LogP contribution in [-0.2, 0) is 0 Å². The molecular weight excluding hydrogens is 197 g/mol. The van der Waals surface area contributed by atoms with Crippen LogP contribution < -0.4 is 4.90 Å². The number of benzene rings is 1. The molecule has 84 valence electrons. The van der Waals surface area contributed by atoms with Gasteiger partial charge in [0.15, 0.2) is 0 Å². The molecule has 15 heavy (non-hydrogen) atoms. The summed E-state index contributed by atoms with van der Waals surface area (Å²) in [5.74, 6) is -0.315. The third-order valence-corrected chi connectivity index (χ3v) is 2.22. The first-order chi connectivity index (χ1) is 7.19. The van der Waals surface area contributed by atoms with Gasteiger partial charge in [0, 0.05) is 13.1 Å². The van der Waals surface area contributed by atoms with Crippen molar-refractivity contribution in [2.75, 3.05) is 24.6 Å². The van der Waals surface area contributed by atoms with E-state index < -0.39 is 6.10 Å². The lowest BCUT2D eigenvalue weighted by Crippen LogP contribution is -2.34. The van der Waals surface area contributed by atoms with Crippen molar-refractivity contribution in [1.82, 2.24) is 0 Å². The summed E-state index contributed by atoms with van der Waals surface area (Å²) >= 11 is 0. The molecule has 0 radical (unpaired) electrons. The Hall–Kier alpha value is -1.13. The van der Waals surface area contributed by atoms with Crippen LogP contribution in [0.1, 0.15) is 6.92 Å². The molecule has 3 nitrogen and oxygen atoms in total. The average molecular weight is 213 g/mol. The number of halogens is 1. The Morgan fingerprint density at radius 2 is 2.07 bits per heavy atom. The molecule has 1 unspecified atom stereocenters. The second kappa shape index (κ2) is 5.68. The molecule has 0 spiro atoms. The smallest absolute Gasteiger partial charge is 0.146 e. The van der Waals surface area contributed by atoms with Crippen molar-refractivity contribution in [2.24, 2.45) is 0 Å². The molecule has 0 aliphatic carbocycles. The van der Waals surface area contributed by atoms with Gasteiger partial charge in [-0.25, -0.2) is 4.39 Å². The van der Waals surface area contributed by atoms with Crippen molar-refractivity contribution in [3.63, 3.8) is 0 Å². The van der Waals surface area contributed by atoms with Crippen LogP contribution >= 0.6 is 0 Å². The minimum absolute atomic E-state index is 0.230. The van der Waals surface area contributed by atoms with Crippen molar-refractivity contribution in [3.8, 4) is 0 Å². The average Bonchev–Trinajstić information content (AvgIpc) is 2.26. The summed E-state index contributed by atoms with van der Waals surface area (Å²) < 4.78 is 13.4. The first kappa shape index (κ1) is 11.9. The normalized spacial score (nSPS) is 12.5. The van der Waals surface area contributed by atoms with Crippen molar-refractivity contribution < 1.29 is 14.6 Å². The minimum atomic E-state index is -0.843. The lowest BCUT2D eigenvalue weighted by Gasteiger charge is -2.25. The van der Waals surface area contributed by atoms with Gasteiger partial charge < -0.3 is 15.1 Å². The number of nitrogens with zero attached hydrogens (tertiary/aromatic N) is 1. The highest BCUT2D eigenvalue weighted by Crippen LogP contribution is 2.18. The van der Waals surface area contributed by atoms with E-state index in [0.29, 0.717) is 12.2 Å². The number of hydrogen-bond acceptors (Lipinski definition) is 3. The molecule has 0 aliphatic heterocycles. The summed E-state index contributed by atoms with van der Waals surface area (Å²) in [5.41, 5.74) is 0.451. The number of aliphatic hydroxyl groups is 2. The quantitative estimate of drug-likeness (QED) is 0.767. The van der Waals surface area contributed by atoms with Crippen LogP contribution in [0, 0.1) is 5.82 Å². The van der Waals surface area contributed by atoms with Gasteiger partial charge in [-0.3, -0.25) is 0 Å². The summed E-state index contributed by atoms with van der Waals surface area (Å²) in [4.78, 5) is 1.69. The Morgan fingerprint density at radius 3 is 2.60 bits per heavy atom. The number of likely N-dealkylation sites (N-methyl/N-ethyl adjacent to an activating group) is 1. The van der Waals surface area contributed by atoms with Crippen molar-refractivity contribution >= 4 is 5.69 Å². The van der Waals surface area contributed by atoms with E-state index in [2.05, 4.69) is 0 Å². The molecule has 2 N–H and O–H groups in total. The fraction of sp³-hybridized carbons (Fsp3) is 0.455. The molecule has 0 bridgehead atoms. The number of anilines is 1. The summed E-state index contributed by atoms with van der Waals surface area (Å²) in [6.07, 6.45) is -0.843. The predicted octanol–water partition coefficient (Wildman–Crippen LogP) is 1.01. The second-order valence-corrected chi connectivity index (χ2v) is 3.33. The van der Waals surface area contributed by atoms with Gasteiger partial charge in [-0.15, -0.1) is 0 Å². The molecule has 0 saturated heterocycles. The molecule has 4 heteroatoms. The summed E-state index contributed by atoms with van der Waals surface area (Å²) in [5, 5.41) is 18.0. The SMILES string of the molecule is CCN(CC(O)CO)c1ccccc1F. The molecule has 0 amide bonds. The van der Waals surface area contributed by atoms with E-state index in [1.54, 1.807) is 23.1 Å². The van der Waals surface area contributed by atoms with E-state index in [9.17, 15) is 9.50 Å². The number of aliphatic hydroxyl groups excluding tert-OH is 2. The molecule has 0 fully saturated rings. The molecule has 0 saturated carbocycles. The maximum absolute atomic E-state index is 13.4. The fourth-order valence-corrected chi connectivity index (χ4v) is 1.42. The van der Waals surface area contributed by atoms with E-state index in [4.69, 9.17) is 5.11 Å². The lowest BCUT2D eigenvalue weighted by atomic mass is 10.2. The predicted molar refractivity (Wildman–Crippen MR) is 57.4 cm³/mol. The standard InChI is InChI=1S/C11H16FNO2/c1-2-13(7-9(15)8-14)11-6-4-3-5-10(11)12/h3-6,9,14-15H,2,7-8H2,1H3. The Kier molecular flexibility index (Phi) is 4.52. The third kappa shape index (κ3) is 3.18. The van der Waals surface area contributed by atoms with Gasteiger partial charge in [0.2, 0.25) is 0 Å². The third-order valence-electron chi connectivity index (χ3n) is 2.22. The van der Waals surface area contributed by atoms with Crippen molar-refractivity contribution in [2.45, 2.75) is 13.0 Å². The first-order valence-electron chi connectivity index (χ1n) is 4.97. The van der Waals surface area contributed by atoms with Crippen molar-refractivity contribution in [1.29, 1.82) is 0 Å². The molecule has 0 aromatic heterocycles. The zero-order valence-electron chi connectivity index (χ0n) is 8.73. The minimum Gasteiger partial charge on any atom is -0.394 e. The highest BCUT2D eigenvalue weighted by molar-refractivity contribution is 5.47. The van der Waals surface area contributed by atoms with Crippen LogP contribution in [-0.4, -0.2) is 36.0 Å². The summed E-state index contributed by atoms with van der Waals surface area (Å²) in [6.45, 7) is 2.37. The number of hydrogen-bond donors (Lipinski definition) is 2. The maximum atomic E-state index is 13.4. The van der Waals surface area contributed by atoms with Gasteiger partial charge in [0.1, 0.15) is 5.82 Å². The van der Waals surface area contributed by atoms with Gasteiger partial charge in [-0.05, 0) is 19.1 Å². The molecular formula is C11H16FNO2. The Labute approximate surface area is 88.8 Å². The Morgan fingerprint density at radius 1 is 1.40 bits per heavy atom. The van der Waals surface area contributed by atoms with E-state index in [0.717, 1.165) is 0 Å². The van der Waals surface area contributed by atoms with Gasteiger partial charge in [0.05, 0.1) is 18.4 Å². The van der Waals surface area contributed by atoms with E-state index >= 15 is 0 Å².